The van der Waals surface area contributed by atoms with Gasteiger partial charge in [0, 0.05) is 0 Å². The van der Waals surface area contributed by atoms with Gasteiger partial charge in [0.1, 0.15) is 0 Å². The van der Waals surface area contributed by atoms with Gasteiger partial charge in [0.25, 0.3) is 0 Å². The van der Waals surface area contributed by atoms with Crippen LogP contribution in [0.3, 0.4) is 0 Å². The van der Waals surface area contributed by atoms with Crippen molar-refractivity contribution in [1.29, 1.82) is 0 Å². The van der Waals surface area contributed by atoms with Gasteiger partial charge in [-0.1, -0.05) is 35.5 Å². The van der Waals surface area contributed by atoms with Crippen LogP contribution in [0.25, 0.3) is 0 Å². The molecule has 0 saturated heterocycles. The van der Waals surface area contributed by atoms with Crippen molar-refractivity contribution < 1.29 is 19.1 Å². The van der Waals surface area contributed by atoms with Gasteiger partial charge in [-0.2, -0.15) is 0 Å². The maximum Gasteiger partial charge on any atom is 0.320 e. The van der Waals surface area contributed by atoms with E-state index in [1.165, 1.54) is 11.1 Å². The smallest absolute Gasteiger partial charge is 0.320 e. The van der Waals surface area contributed by atoms with E-state index >= 15 is 0 Å². The number of hydrogen-bond acceptors (Lipinski definition) is 4. The summed E-state index contributed by atoms with van der Waals surface area (Å²) in [5.41, 5.74) is 2.68. The van der Waals surface area contributed by atoms with E-state index in [0.29, 0.717) is 6.42 Å². The second kappa shape index (κ2) is 13.6. The Balaban J connectivity index is 4.42. The molecule has 0 radical (unpaired) electrons. The quantitative estimate of drug-likeness (QED) is 0.310. The van der Waals surface area contributed by atoms with Gasteiger partial charge in [-0.25, -0.2) is 0 Å². The molecule has 4 heteroatoms. The monoisotopic (exact) mass is 336 g/mol. The van der Waals surface area contributed by atoms with E-state index in [1.807, 2.05) is 12.2 Å². The zero-order valence-electron chi connectivity index (χ0n) is 15.8. The van der Waals surface area contributed by atoms with Crippen LogP contribution in [0.1, 0.15) is 60.3 Å². The van der Waals surface area contributed by atoms with E-state index < -0.39 is 17.9 Å². The lowest BCUT2D eigenvalue weighted by Gasteiger charge is -2.12. The first-order valence-corrected chi connectivity index (χ1v) is 8.69. The van der Waals surface area contributed by atoms with Crippen LogP contribution in [0.2, 0.25) is 0 Å². The number of ether oxygens (including phenoxy) is 2. The standard InChI is InChI=1S/C20H32O4/c1-6-23-19(21)18(20(22)24-7-2)15-10-8-9-13-17(5)14-11-12-16(3)4/h8,10,12-13,18H,6-7,9,11,14-15H2,1-5H3/b10-8+,17-13-. The number of rotatable bonds is 11. The van der Waals surface area contributed by atoms with Gasteiger partial charge in [0.05, 0.1) is 13.2 Å². The van der Waals surface area contributed by atoms with Gasteiger partial charge in [0.15, 0.2) is 5.92 Å². The Hall–Kier alpha value is -1.84. The van der Waals surface area contributed by atoms with Crippen molar-refractivity contribution in [1.82, 2.24) is 0 Å². The van der Waals surface area contributed by atoms with Gasteiger partial charge in [-0.15, -0.1) is 0 Å². The van der Waals surface area contributed by atoms with E-state index in [2.05, 4.69) is 32.9 Å². The average Bonchev–Trinajstić information content (AvgIpc) is 2.50. The highest BCUT2D eigenvalue weighted by Crippen LogP contribution is 2.11. The number of carbonyl (C=O) groups is 2. The molecule has 4 nitrogen and oxygen atoms in total. The predicted octanol–water partition coefficient (Wildman–Crippen LogP) is 4.76. The molecule has 0 spiro atoms. The van der Waals surface area contributed by atoms with Crippen LogP contribution in [-0.2, 0) is 19.1 Å². The topological polar surface area (TPSA) is 52.6 Å². The number of esters is 2. The predicted molar refractivity (Wildman–Crippen MR) is 97.6 cm³/mol. The summed E-state index contributed by atoms with van der Waals surface area (Å²) >= 11 is 0. The van der Waals surface area contributed by atoms with Crippen LogP contribution in [-0.4, -0.2) is 25.2 Å². The molecule has 0 bridgehead atoms. The Labute approximate surface area is 146 Å². The van der Waals surface area contributed by atoms with E-state index in [1.54, 1.807) is 13.8 Å². The van der Waals surface area contributed by atoms with E-state index in [4.69, 9.17) is 9.47 Å². The van der Waals surface area contributed by atoms with Gasteiger partial charge >= 0.3 is 11.9 Å². The Kier molecular flexibility index (Phi) is 12.5. The highest BCUT2D eigenvalue weighted by Gasteiger charge is 2.27. The third kappa shape index (κ3) is 10.8. The lowest BCUT2D eigenvalue weighted by atomic mass is 10.0. The minimum atomic E-state index is -0.871. The molecule has 0 unspecified atom stereocenters. The molecule has 0 aromatic rings. The summed E-state index contributed by atoms with van der Waals surface area (Å²) in [6, 6.07) is 0. The van der Waals surface area contributed by atoms with Crippen molar-refractivity contribution >= 4 is 11.9 Å². The fourth-order valence-electron chi connectivity index (χ4n) is 2.06. The van der Waals surface area contributed by atoms with Gasteiger partial charge in [-0.05, 0) is 60.3 Å². The van der Waals surface area contributed by atoms with Crippen molar-refractivity contribution in [3.63, 3.8) is 0 Å². The average molecular weight is 336 g/mol. The molecule has 0 aliphatic rings. The van der Waals surface area contributed by atoms with Crippen LogP contribution in [0.15, 0.2) is 35.5 Å². The Bertz CT molecular complexity index is 450. The summed E-state index contributed by atoms with van der Waals surface area (Å²) < 4.78 is 9.88. The largest absolute Gasteiger partial charge is 0.465 e. The van der Waals surface area contributed by atoms with Crippen molar-refractivity contribution in [2.45, 2.75) is 60.3 Å². The summed E-state index contributed by atoms with van der Waals surface area (Å²) in [6.07, 6.45) is 11.4. The fourth-order valence-corrected chi connectivity index (χ4v) is 2.06. The third-order valence-corrected chi connectivity index (χ3v) is 3.37. The summed E-state index contributed by atoms with van der Waals surface area (Å²) in [7, 11) is 0. The molecule has 0 N–H and O–H groups in total. The molecule has 24 heavy (non-hydrogen) atoms. The normalized spacial score (nSPS) is 11.7. The first-order chi connectivity index (χ1) is 11.4. The van der Waals surface area contributed by atoms with Gasteiger partial charge in [0.2, 0.25) is 0 Å². The molecule has 0 atom stereocenters. The highest BCUT2D eigenvalue weighted by molar-refractivity contribution is 5.95. The SMILES string of the molecule is CCOC(=O)C(C/C=C/C/C=C(/C)CCC=C(C)C)C(=O)OCC. The lowest BCUT2D eigenvalue weighted by molar-refractivity contribution is -0.161. The zero-order valence-corrected chi connectivity index (χ0v) is 15.8. The van der Waals surface area contributed by atoms with Crippen molar-refractivity contribution in [3.8, 4) is 0 Å². The molecular weight excluding hydrogens is 304 g/mol. The van der Waals surface area contributed by atoms with Crippen LogP contribution >= 0.6 is 0 Å². The lowest BCUT2D eigenvalue weighted by Crippen LogP contribution is -2.27. The minimum Gasteiger partial charge on any atom is -0.465 e. The first-order valence-electron chi connectivity index (χ1n) is 8.69. The molecule has 0 heterocycles. The number of hydrogen-bond donors (Lipinski definition) is 0. The molecule has 0 amide bonds. The van der Waals surface area contributed by atoms with Crippen molar-refractivity contribution in [2.24, 2.45) is 5.92 Å². The second-order valence-electron chi connectivity index (χ2n) is 5.87. The fraction of sp³-hybridized carbons (Fsp3) is 0.600. The maximum atomic E-state index is 11.8. The molecule has 0 aromatic heterocycles. The second-order valence-corrected chi connectivity index (χ2v) is 5.87. The van der Waals surface area contributed by atoms with Crippen LogP contribution in [0.4, 0.5) is 0 Å². The third-order valence-electron chi connectivity index (χ3n) is 3.37. The molecule has 0 fully saturated rings. The summed E-state index contributed by atoms with van der Waals surface area (Å²) in [5.74, 6) is -1.91. The Morgan fingerprint density at radius 3 is 2.00 bits per heavy atom. The Morgan fingerprint density at radius 1 is 0.917 bits per heavy atom. The molecule has 0 saturated carbocycles. The van der Waals surface area contributed by atoms with Crippen LogP contribution in [0, 0.1) is 5.92 Å². The highest BCUT2D eigenvalue weighted by atomic mass is 16.6. The first kappa shape index (κ1) is 22.2. The summed E-state index contributed by atoms with van der Waals surface area (Å²) in [6.45, 7) is 10.3. The van der Waals surface area contributed by atoms with E-state index in [9.17, 15) is 9.59 Å². The van der Waals surface area contributed by atoms with Crippen molar-refractivity contribution in [3.05, 3.63) is 35.5 Å². The Morgan fingerprint density at radius 2 is 1.50 bits per heavy atom. The molecule has 0 aliphatic heterocycles. The van der Waals surface area contributed by atoms with Gasteiger partial charge in [-0.3, -0.25) is 9.59 Å². The number of carbonyl (C=O) groups excluding carboxylic acids is 2. The molecule has 0 aromatic carbocycles. The molecular formula is C20H32O4. The number of allylic oxidation sites excluding steroid dienone is 6. The molecule has 0 aliphatic carbocycles. The van der Waals surface area contributed by atoms with Crippen LogP contribution < -0.4 is 0 Å². The van der Waals surface area contributed by atoms with E-state index in [0.717, 1.165) is 19.3 Å². The van der Waals surface area contributed by atoms with Gasteiger partial charge < -0.3 is 9.47 Å². The summed E-state index contributed by atoms with van der Waals surface area (Å²) in [5, 5.41) is 0. The zero-order chi connectivity index (χ0) is 18.4. The summed E-state index contributed by atoms with van der Waals surface area (Å²) in [4.78, 5) is 23.7. The molecule has 0 rings (SSSR count). The van der Waals surface area contributed by atoms with Crippen LogP contribution in [0.5, 0.6) is 0 Å². The maximum absolute atomic E-state index is 11.8. The minimum absolute atomic E-state index is 0.256. The van der Waals surface area contributed by atoms with E-state index in [-0.39, 0.29) is 13.2 Å². The molecule has 136 valence electrons. The van der Waals surface area contributed by atoms with Crippen molar-refractivity contribution in [2.75, 3.05) is 13.2 Å².